The van der Waals surface area contributed by atoms with Gasteiger partial charge in [0.25, 0.3) is 5.91 Å². The van der Waals surface area contributed by atoms with Gasteiger partial charge >= 0.3 is 0 Å². The van der Waals surface area contributed by atoms with Gasteiger partial charge in [0.2, 0.25) is 0 Å². The maximum Gasteiger partial charge on any atom is 0.260 e. The van der Waals surface area contributed by atoms with Crippen molar-refractivity contribution in [2.75, 3.05) is 26.3 Å². The molecule has 1 aliphatic heterocycles. The summed E-state index contributed by atoms with van der Waals surface area (Å²) in [7, 11) is 0. The molecule has 0 aromatic heterocycles. The van der Waals surface area contributed by atoms with Gasteiger partial charge in [-0.15, -0.1) is 0 Å². The van der Waals surface area contributed by atoms with Gasteiger partial charge in [-0.05, 0) is 30.2 Å². The van der Waals surface area contributed by atoms with Gasteiger partial charge in [0, 0.05) is 13.1 Å². The van der Waals surface area contributed by atoms with Crippen molar-refractivity contribution < 1.29 is 14.3 Å². The molecule has 23 heavy (non-hydrogen) atoms. The molecule has 120 valence electrons. The zero-order valence-corrected chi connectivity index (χ0v) is 13.3. The molecule has 1 unspecified atom stereocenters. The lowest BCUT2D eigenvalue weighted by Gasteiger charge is -2.31. The lowest BCUT2D eigenvalue weighted by molar-refractivity contribution is -0.140. The molecule has 1 atom stereocenters. The summed E-state index contributed by atoms with van der Waals surface area (Å²) in [6, 6.07) is 18.0. The average Bonchev–Trinajstić information content (AvgIpc) is 2.61. The van der Waals surface area contributed by atoms with E-state index in [9.17, 15) is 4.79 Å². The second kappa shape index (κ2) is 7.29. The molecule has 0 radical (unpaired) electrons. The maximum atomic E-state index is 12.2. The summed E-state index contributed by atoms with van der Waals surface area (Å²) >= 11 is 0. The Morgan fingerprint density at radius 3 is 2.52 bits per heavy atom. The second-order valence-electron chi connectivity index (χ2n) is 5.70. The van der Waals surface area contributed by atoms with Gasteiger partial charge in [0.15, 0.2) is 6.61 Å². The molecule has 4 heteroatoms. The third kappa shape index (κ3) is 4.11. The van der Waals surface area contributed by atoms with Gasteiger partial charge in [-0.25, -0.2) is 0 Å². The van der Waals surface area contributed by atoms with Gasteiger partial charge in [0.1, 0.15) is 5.75 Å². The number of ether oxygens (including phenoxy) is 2. The second-order valence-corrected chi connectivity index (χ2v) is 5.70. The van der Waals surface area contributed by atoms with Crippen LogP contribution in [0.2, 0.25) is 0 Å². The minimum atomic E-state index is 0.00675. The molecule has 3 rings (SSSR count). The molecule has 1 heterocycles. The maximum absolute atomic E-state index is 12.2. The van der Waals surface area contributed by atoms with Crippen molar-refractivity contribution in [2.24, 2.45) is 0 Å². The molecule has 0 N–H and O–H groups in total. The van der Waals surface area contributed by atoms with Crippen LogP contribution < -0.4 is 4.74 Å². The molecule has 0 spiro atoms. The van der Waals surface area contributed by atoms with Crippen LogP contribution in [-0.2, 0) is 9.53 Å². The minimum absolute atomic E-state index is 0.00675. The average molecular weight is 311 g/mol. The first-order valence-corrected chi connectivity index (χ1v) is 7.90. The molecule has 4 nitrogen and oxygen atoms in total. The van der Waals surface area contributed by atoms with E-state index in [1.165, 1.54) is 0 Å². The van der Waals surface area contributed by atoms with Gasteiger partial charge in [-0.3, -0.25) is 4.79 Å². The fourth-order valence-electron chi connectivity index (χ4n) is 2.66. The predicted molar refractivity (Wildman–Crippen MR) is 89.4 cm³/mol. The molecule has 1 saturated heterocycles. The van der Waals surface area contributed by atoms with Crippen molar-refractivity contribution >= 4 is 5.91 Å². The van der Waals surface area contributed by atoms with Crippen LogP contribution in [0, 0.1) is 0 Å². The van der Waals surface area contributed by atoms with Gasteiger partial charge < -0.3 is 14.4 Å². The fraction of sp³-hybridized carbons (Fsp3) is 0.316. The van der Waals surface area contributed by atoms with E-state index in [2.05, 4.69) is 12.1 Å². The Balaban J connectivity index is 1.55. The summed E-state index contributed by atoms with van der Waals surface area (Å²) in [6.45, 7) is 3.91. The molecule has 0 aliphatic carbocycles. The Morgan fingerprint density at radius 2 is 1.83 bits per heavy atom. The van der Waals surface area contributed by atoms with Crippen molar-refractivity contribution in [3.8, 4) is 16.9 Å². The Hall–Kier alpha value is -2.33. The summed E-state index contributed by atoms with van der Waals surface area (Å²) in [5, 5.41) is 0. The molecule has 2 aromatic carbocycles. The Bertz CT molecular complexity index is 639. The molecule has 2 aromatic rings. The summed E-state index contributed by atoms with van der Waals surface area (Å²) < 4.78 is 11.1. The van der Waals surface area contributed by atoms with E-state index in [0.29, 0.717) is 25.4 Å². The van der Waals surface area contributed by atoms with E-state index < -0.39 is 0 Å². The van der Waals surface area contributed by atoms with Crippen molar-refractivity contribution in [1.29, 1.82) is 0 Å². The number of morpholine rings is 1. The molecule has 1 amide bonds. The first-order chi connectivity index (χ1) is 11.2. The minimum Gasteiger partial charge on any atom is -0.484 e. The largest absolute Gasteiger partial charge is 0.484 e. The number of carbonyl (C=O) groups excluding carboxylic acids is 1. The number of rotatable bonds is 4. The predicted octanol–water partition coefficient (Wildman–Crippen LogP) is 2.98. The van der Waals surface area contributed by atoms with Crippen LogP contribution in [0.15, 0.2) is 54.6 Å². The first-order valence-electron chi connectivity index (χ1n) is 7.90. The standard InChI is InChI=1S/C19H21NO3/c1-15-13-20(11-12-22-15)19(21)14-23-18-9-7-17(8-10-18)16-5-3-2-4-6-16/h2-10,15H,11-14H2,1H3. The van der Waals surface area contributed by atoms with Crippen molar-refractivity contribution in [3.05, 3.63) is 54.6 Å². The third-order valence-electron chi connectivity index (χ3n) is 3.92. The number of hydrogen-bond donors (Lipinski definition) is 0. The smallest absolute Gasteiger partial charge is 0.260 e. The highest BCUT2D eigenvalue weighted by Crippen LogP contribution is 2.22. The lowest BCUT2D eigenvalue weighted by Crippen LogP contribution is -2.46. The van der Waals surface area contributed by atoms with Crippen LogP contribution in [0.5, 0.6) is 5.75 Å². The number of hydrogen-bond acceptors (Lipinski definition) is 3. The summed E-state index contributed by atoms with van der Waals surface area (Å²) in [5.41, 5.74) is 2.30. The van der Waals surface area contributed by atoms with Crippen LogP contribution in [0.25, 0.3) is 11.1 Å². The van der Waals surface area contributed by atoms with Crippen LogP contribution >= 0.6 is 0 Å². The van der Waals surface area contributed by atoms with E-state index in [1.54, 1.807) is 4.90 Å². The summed E-state index contributed by atoms with van der Waals surface area (Å²) in [4.78, 5) is 13.9. The van der Waals surface area contributed by atoms with Crippen LogP contribution in [0.4, 0.5) is 0 Å². The Kier molecular flexibility index (Phi) is 4.93. The number of benzene rings is 2. The van der Waals surface area contributed by atoms with Crippen molar-refractivity contribution in [1.82, 2.24) is 4.90 Å². The van der Waals surface area contributed by atoms with Crippen LogP contribution in [-0.4, -0.2) is 43.2 Å². The number of carbonyl (C=O) groups is 1. The lowest BCUT2D eigenvalue weighted by atomic mass is 10.1. The van der Waals surface area contributed by atoms with E-state index in [1.807, 2.05) is 49.4 Å². The van der Waals surface area contributed by atoms with E-state index in [4.69, 9.17) is 9.47 Å². The summed E-state index contributed by atoms with van der Waals surface area (Å²) in [6.07, 6.45) is 0.0952. The molecule has 0 bridgehead atoms. The van der Waals surface area contributed by atoms with Gasteiger partial charge in [-0.1, -0.05) is 42.5 Å². The quantitative estimate of drug-likeness (QED) is 0.871. The third-order valence-corrected chi connectivity index (χ3v) is 3.92. The monoisotopic (exact) mass is 311 g/mol. The Morgan fingerprint density at radius 1 is 1.13 bits per heavy atom. The van der Waals surface area contributed by atoms with Crippen molar-refractivity contribution in [2.45, 2.75) is 13.0 Å². The van der Waals surface area contributed by atoms with E-state index in [0.717, 1.165) is 11.1 Å². The zero-order chi connectivity index (χ0) is 16.1. The van der Waals surface area contributed by atoms with Crippen molar-refractivity contribution in [3.63, 3.8) is 0 Å². The van der Waals surface area contributed by atoms with Crippen LogP contribution in [0.3, 0.4) is 0 Å². The fourth-order valence-corrected chi connectivity index (χ4v) is 2.66. The van der Waals surface area contributed by atoms with Crippen LogP contribution in [0.1, 0.15) is 6.92 Å². The topological polar surface area (TPSA) is 38.8 Å². The molecule has 0 saturated carbocycles. The number of nitrogens with zero attached hydrogens (tertiary/aromatic N) is 1. The highest BCUT2D eigenvalue weighted by molar-refractivity contribution is 5.78. The highest BCUT2D eigenvalue weighted by Gasteiger charge is 2.21. The van der Waals surface area contributed by atoms with Gasteiger partial charge in [-0.2, -0.15) is 0 Å². The Labute approximate surface area is 136 Å². The normalized spacial score (nSPS) is 17.8. The molecular formula is C19H21NO3. The summed E-state index contributed by atoms with van der Waals surface area (Å²) in [5.74, 6) is 0.714. The molecule has 1 fully saturated rings. The first kappa shape index (κ1) is 15.6. The number of amides is 1. The SMILES string of the molecule is CC1CN(C(=O)COc2ccc(-c3ccccc3)cc2)CCO1. The highest BCUT2D eigenvalue weighted by atomic mass is 16.5. The molecule has 1 aliphatic rings. The zero-order valence-electron chi connectivity index (χ0n) is 13.3. The van der Waals surface area contributed by atoms with E-state index >= 15 is 0 Å². The van der Waals surface area contributed by atoms with Gasteiger partial charge in [0.05, 0.1) is 12.7 Å². The molecular weight excluding hydrogens is 290 g/mol. The van der Waals surface area contributed by atoms with E-state index in [-0.39, 0.29) is 18.6 Å².